The van der Waals surface area contributed by atoms with Crippen molar-refractivity contribution >= 4 is 0 Å². The summed E-state index contributed by atoms with van der Waals surface area (Å²) in [7, 11) is 0. The summed E-state index contributed by atoms with van der Waals surface area (Å²) < 4.78 is 5.92. The molecule has 0 saturated heterocycles. The van der Waals surface area contributed by atoms with Crippen molar-refractivity contribution < 1.29 is 4.74 Å². The summed E-state index contributed by atoms with van der Waals surface area (Å²) >= 11 is 0. The smallest absolute Gasteiger partial charge is 0.114 e. The minimum Gasteiger partial charge on any atom is -0.443 e. The fourth-order valence-corrected chi connectivity index (χ4v) is 8.95. The van der Waals surface area contributed by atoms with Gasteiger partial charge in [0.2, 0.25) is 0 Å². The van der Waals surface area contributed by atoms with Crippen molar-refractivity contribution in [2.75, 3.05) is 0 Å². The summed E-state index contributed by atoms with van der Waals surface area (Å²) in [6.45, 7) is 14.8. The quantitative estimate of drug-likeness (QED) is 0.297. The molecule has 3 fully saturated rings. The van der Waals surface area contributed by atoms with E-state index in [-0.39, 0.29) is 0 Å². The lowest BCUT2D eigenvalue weighted by molar-refractivity contribution is -0.0572. The highest BCUT2D eigenvalue weighted by Gasteiger charge is 2.59. The molecule has 1 heteroatoms. The fraction of sp³-hybridized carbons (Fsp3) is 0.871. The molecule has 3 saturated carbocycles. The van der Waals surface area contributed by atoms with Gasteiger partial charge in [-0.3, -0.25) is 0 Å². The predicted octanol–water partition coefficient (Wildman–Crippen LogP) is 8.78. The molecule has 8 atom stereocenters. The van der Waals surface area contributed by atoms with Gasteiger partial charge in [-0.2, -0.15) is 0 Å². The van der Waals surface area contributed by atoms with Crippen LogP contribution in [-0.2, 0) is 4.74 Å². The van der Waals surface area contributed by atoms with Gasteiger partial charge in [-0.25, -0.2) is 0 Å². The number of allylic oxidation sites excluding steroid dienone is 1. The summed E-state index contributed by atoms with van der Waals surface area (Å²) in [5.74, 6) is 8.59. The van der Waals surface area contributed by atoms with Gasteiger partial charge in [0.05, 0.1) is 0 Å². The first-order valence-corrected chi connectivity index (χ1v) is 14.1. The predicted molar refractivity (Wildman–Crippen MR) is 136 cm³/mol. The third-order valence-corrected chi connectivity index (χ3v) is 10.7. The minimum absolute atomic E-state index is 0.321. The van der Waals surface area contributed by atoms with Crippen LogP contribution in [0.25, 0.3) is 0 Å². The van der Waals surface area contributed by atoms with Crippen LogP contribution in [-0.4, -0.2) is 6.10 Å². The molecule has 4 rings (SSSR count). The number of ether oxygens (including phenoxy) is 1. The molecule has 4 aliphatic rings. The summed E-state index contributed by atoms with van der Waals surface area (Å²) in [6, 6.07) is 0. The highest BCUT2D eigenvalue weighted by atomic mass is 16.5. The highest BCUT2D eigenvalue weighted by molar-refractivity contribution is 5.25. The molecule has 0 heterocycles. The fourth-order valence-electron chi connectivity index (χ4n) is 8.95. The zero-order chi connectivity index (χ0) is 22.9. The lowest BCUT2D eigenvalue weighted by Crippen LogP contribution is -2.50. The van der Waals surface area contributed by atoms with E-state index in [0.29, 0.717) is 16.9 Å². The van der Waals surface area contributed by atoms with E-state index < -0.39 is 0 Å². The van der Waals surface area contributed by atoms with Crippen molar-refractivity contribution in [3.05, 3.63) is 11.6 Å². The second-order valence-corrected chi connectivity index (χ2v) is 12.9. The van der Waals surface area contributed by atoms with E-state index in [4.69, 9.17) is 4.74 Å². The van der Waals surface area contributed by atoms with E-state index in [9.17, 15) is 0 Å². The standard InChI is InChI=1S/C31H50O/c1-7-8-20-32-25-16-18-30(5)24(21-25)12-13-26-28-15-14-27(23(4)11-9-10-22(2)3)31(28,6)19-17-29(26)30/h12,22-23,25-29H,7,9-11,13-19,21H2,1-6H3/t23-,25+,26+,27-,28+,29+,30+,31-/m1/s1. The molecule has 0 radical (unpaired) electrons. The second kappa shape index (κ2) is 9.76. The Balaban J connectivity index is 1.45. The van der Waals surface area contributed by atoms with Crippen LogP contribution in [0.15, 0.2) is 11.6 Å². The molecule has 0 amide bonds. The van der Waals surface area contributed by atoms with Crippen LogP contribution >= 0.6 is 0 Å². The van der Waals surface area contributed by atoms with Crippen LogP contribution in [0.5, 0.6) is 0 Å². The first-order chi connectivity index (χ1) is 15.3. The third-order valence-electron chi connectivity index (χ3n) is 10.7. The lowest BCUT2D eigenvalue weighted by Gasteiger charge is -2.58. The number of fused-ring (bicyclic) bond motifs is 5. The molecule has 0 unspecified atom stereocenters. The summed E-state index contributed by atoms with van der Waals surface area (Å²) in [5.41, 5.74) is 2.73. The van der Waals surface area contributed by atoms with E-state index >= 15 is 0 Å². The molecule has 0 aliphatic heterocycles. The van der Waals surface area contributed by atoms with Gasteiger partial charge in [-0.05, 0) is 91.3 Å². The highest BCUT2D eigenvalue weighted by Crippen LogP contribution is 2.67. The Morgan fingerprint density at radius 1 is 1.03 bits per heavy atom. The maximum absolute atomic E-state index is 5.92. The molecular weight excluding hydrogens is 388 g/mol. The van der Waals surface area contributed by atoms with Gasteiger partial charge in [-0.1, -0.05) is 78.4 Å². The number of hydrogen-bond acceptors (Lipinski definition) is 1. The van der Waals surface area contributed by atoms with E-state index in [0.717, 1.165) is 48.3 Å². The maximum atomic E-state index is 5.92. The Bertz CT molecular complexity index is 737. The van der Waals surface area contributed by atoms with Crippen LogP contribution in [0, 0.1) is 58.4 Å². The van der Waals surface area contributed by atoms with Crippen LogP contribution in [0.2, 0.25) is 0 Å². The lowest BCUT2D eigenvalue weighted by atomic mass is 9.47. The zero-order valence-electron chi connectivity index (χ0n) is 22.0. The van der Waals surface area contributed by atoms with Crippen molar-refractivity contribution in [3.8, 4) is 12.0 Å². The Hall–Kier alpha value is -0.900. The van der Waals surface area contributed by atoms with Crippen LogP contribution in [0.3, 0.4) is 0 Å². The Labute approximate surface area is 199 Å². The van der Waals surface area contributed by atoms with Crippen molar-refractivity contribution in [3.63, 3.8) is 0 Å². The first kappa shape index (κ1) is 24.2. The molecule has 0 bridgehead atoms. The topological polar surface area (TPSA) is 9.23 Å². The number of hydrogen-bond donors (Lipinski definition) is 0. The molecule has 32 heavy (non-hydrogen) atoms. The van der Waals surface area contributed by atoms with E-state index in [1.807, 2.05) is 0 Å². The van der Waals surface area contributed by atoms with Gasteiger partial charge in [0, 0.05) is 12.8 Å². The van der Waals surface area contributed by atoms with Crippen molar-refractivity contribution in [1.29, 1.82) is 0 Å². The summed E-state index contributed by atoms with van der Waals surface area (Å²) in [6.07, 6.45) is 22.0. The second-order valence-electron chi connectivity index (χ2n) is 12.9. The summed E-state index contributed by atoms with van der Waals surface area (Å²) in [5, 5.41) is 0. The van der Waals surface area contributed by atoms with Gasteiger partial charge in [0.1, 0.15) is 12.2 Å². The molecule has 180 valence electrons. The zero-order valence-corrected chi connectivity index (χ0v) is 22.0. The largest absolute Gasteiger partial charge is 0.443 e. The molecule has 0 aromatic rings. The minimum atomic E-state index is 0.321. The molecule has 0 aromatic carbocycles. The van der Waals surface area contributed by atoms with Crippen LogP contribution < -0.4 is 0 Å². The van der Waals surface area contributed by atoms with Gasteiger partial charge >= 0.3 is 0 Å². The maximum Gasteiger partial charge on any atom is 0.114 e. The molecular formula is C31H50O. The van der Waals surface area contributed by atoms with Gasteiger partial charge in [0.25, 0.3) is 0 Å². The first-order valence-electron chi connectivity index (χ1n) is 14.1. The van der Waals surface area contributed by atoms with E-state index in [1.54, 1.807) is 5.57 Å². The molecule has 4 aliphatic carbocycles. The van der Waals surface area contributed by atoms with Gasteiger partial charge < -0.3 is 4.74 Å². The Kier molecular flexibility index (Phi) is 7.39. The van der Waals surface area contributed by atoms with E-state index in [1.165, 1.54) is 64.2 Å². The Morgan fingerprint density at radius 2 is 1.84 bits per heavy atom. The van der Waals surface area contributed by atoms with Crippen LogP contribution in [0.4, 0.5) is 0 Å². The van der Waals surface area contributed by atoms with Crippen molar-refractivity contribution in [2.45, 2.75) is 125 Å². The third kappa shape index (κ3) is 4.42. The van der Waals surface area contributed by atoms with E-state index in [2.05, 4.69) is 59.6 Å². The molecule has 1 nitrogen and oxygen atoms in total. The number of rotatable bonds is 6. The van der Waals surface area contributed by atoms with Crippen molar-refractivity contribution in [2.24, 2.45) is 46.3 Å². The van der Waals surface area contributed by atoms with Gasteiger partial charge in [-0.15, -0.1) is 0 Å². The van der Waals surface area contributed by atoms with Crippen molar-refractivity contribution in [1.82, 2.24) is 0 Å². The SMILES string of the molecule is CCC#CO[C@H]1CC[C@@]2(C)C(=CC[C@H]3[C@@H]4CC[C@H]([C@H](C)CCCC(C)C)[C@@]4(C)CC[C@@H]32)C1. The monoisotopic (exact) mass is 438 g/mol. The van der Waals surface area contributed by atoms with Crippen LogP contribution in [0.1, 0.15) is 119 Å². The van der Waals surface area contributed by atoms with Gasteiger partial charge in [0.15, 0.2) is 0 Å². The molecule has 0 aromatic heterocycles. The average Bonchev–Trinajstić information content (AvgIpc) is 3.11. The molecule has 0 N–H and O–H groups in total. The Morgan fingerprint density at radius 3 is 2.59 bits per heavy atom. The average molecular weight is 439 g/mol. The normalized spacial score (nSPS) is 41.6. The molecule has 0 spiro atoms. The summed E-state index contributed by atoms with van der Waals surface area (Å²) in [4.78, 5) is 0.